The SMILES string of the molecule is C[N+](C)(C)C.C[N+](C)(C)C.[O-]B([O-])OC12CCC(C1)C(c1cccc(C(F)(F)F)c1)C2(c1cccc(C(F)(F)F)c1)c1cccc(C(F)(F)F)c1. The van der Waals surface area contributed by atoms with E-state index in [0.29, 0.717) is 12.1 Å². The monoisotopic (exact) mass is 734 g/mol. The van der Waals surface area contributed by atoms with Crippen LogP contribution in [0.1, 0.15) is 58.6 Å². The number of benzene rings is 3. The van der Waals surface area contributed by atoms with Gasteiger partial charge in [0.2, 0.25) is 0 Å². The van der Waals surface area contributed by atoms with Crippen LogP contribution in [-0.2, 0) is 28.6 Å². The average Bonchev–Trinajstić information content (AvgIpc) is 3.48. The molecule has 5 rings (SSSR count). The number of quaternary nitrogens is 2. The fourth-order valence-electron chi connectivity index (χ4n) is 7.07. The largest absolute Gasteiger partial charge is 0.871 e. The van der Waals surface area contributed by atoms with Gasteiger partial charge in [0.15, 0.2) is 0 Å². The molecule has 0 spiro atoms. The smallest absolute Gasteiger partial charge is 0.416 e. The van der Waals surface area contributed by atoms with Gasteiger partial charge in [-0.05, 0) is 60.1 Å². The minimum Gasteiger partial charge on any atom is -0.871 e. The summed E-state index contributed by atoms with van der Waals surface area (Å²) in [7, 11) is 14.0. The van der Waals surface area contributed by atoms with Crippen LogP contribution in [0.4, 0.5) is 39.5 Å². The zero-order valence-electron chi connectivity index (χ0n) is 29.8. The molecule has 15 heteroatoms. The van der Waals surface area contributed by atoms with Crippen LogP contribution in [0.25, 0.3) is 0 Å². The second-order valence-corrected chi connectivity index (χ2v) is 15.8. The molecule has 2 aliphatic rings. The van der Waals surface area contributed by atoms with Crippen molar-refractivity contribution in [1.82, 2.24) is 0 Å². The van der Waals surface area contributed by atoms with Crippen LogP contribution >= 0.6 is 0 Å². The summed E-state index contributed by atoms with van der Waals surface area (Å²) in [6, 6.07) is 11.4. The molecule has 2 aliphatic carbocycles. The van der Waals surface area contributed by atoms with Gasteiger partial charge in [0, 0.05) is 5.92 Å². The molecule has 5 nitrogen and oxygen atoms in total. The van der Waals surface area contributed by atoms with Crippen LogP contribution in [0, 0.1) is 5.92 Å². The van der Waals surface area contributed by atoms with Crippen molar-refractivity contribution in [3.63, 3.8) is 0 Å². The predicted molar refractivity (Wildman–Crippen MR) is 173 cm³/mol. The molecule has 0 N–H and O–H groups in total. The Morgan fingerprint density at radius 2 is 1.00 bits per heavy atom. The first-order valence-corrected chi connectivity index (χ1v) is 16.1. The van der Waals surface area contributed by atoms with Crippen LogP contribution in [0.3, 0.4) is 0 Å². The van der Waals surface area contributed by atoms with Gasteiger partial charge in [0.25, 0.3) is 0 Å². The van der Waals surface area contributed by atoms with E-state index in [9.17, 15) is 49.6 Å². The van der Waals surface area contributed by atoms with E-state index in [0.717, 1.165) is 51.4 Å². The first kappa shape index (κ1) is 42.3. The third kappa shape index (κ3) is 10.3. The van der Waals surface area contributed by atoms with Gasteiger partial charge in [-0.2, -0.15) is 39.5 Å². The molecule has 282 valence electrons. The van der Waals surface area contributed by atoms with Crippen LogP contribution in [0.5, 0.6) is 0 Å². The van der Waals surface area contributed by atoms with Gasteiger partial charge >= 0.3 is 18.5 Å². The molecule has 3 aromatic rings. The number of rotatable bonds is 5. The molecule has 0 heterocycles. The molecule has 3 unspecified atom stereocenters. The van der Waals surface area contributed by atoms with Gasteiger partial charge in [-0.3, -0.25) is 0 Å². The molecule has 2 fully saturated rings. The number of hydrogen-bond acceptors (Lipinski definition) is 3. The molecular weight excluding hydrogens is 690 g/mol. The number of alkyl halides is 9. The van der Waals surface area contributed by atoms with Crippen molar-refractivity contribution >= 4 is 7.32 Å². The molecule has 0 aliphatic heterocycles. The summed E-state index contributed by atoms with van der Waals surface area (Å²) >= 11 is 0. The zero-order chi connectivity index (χ0) is 39.0. The lowest BCUT2D eigenvalue weighted by molar-refractivity contribution is -0.849. The average molecular weight is 735 g/mol. The van der Waals surface area contributed by atoms with Crippen molar-refractivity contribution in [2.24, 2.45) is 5.92 Å². The van der Waals surface area contributed by atoms with Crippen molar-refractivity contribution < 1.29 is 63.2 Å². The van der Waals surface area contributed by atoms with E-state index in [-0.39, 0.29) is 36.0 Å². The van der Waals surface area contributed by atoms with E-state index in [2.05, 4.69) is 56.4 Å². The molecule has 0 saturated heterocycles. The van der Waals surface area contributed by atoms with Gasteiger partial charge in [0.05, 0.1) is 91.4 Å². The number of halogens is 9. The number of hydrogen-bond donors (Lipinski definition) is 0. The molecule has 0 aromatic heterocycles. The Labute approximate surface area is 293 Å². The quantitative estimate of drug-likeness (QED) is 0.166. The topological polar surface area (TPSA) is 55.3 Å². The van der Waals surface area contributed by atoms with Crippen molar-refractivity contribution in [3.8, 4) is 0 Å². The maximum Gasteiger partial charge on any atom is 0.416 e. The van der Waals surface area contributed by atoms with Crippen LogP contribution in [-0.4, -0.2) is 78.3 Å². The van der Waals surface area contributed by atoms with Crippen LogP contribution in [0.2, 0.25) is 0 Å². The van der Waals surface area contributed by atoms with Crippen LogP contribution in [0.15, 0.2) is 72.8 Å². The lowest BCUT2D eigenvalue weighted by Gasteiger charge is -2.55. The molecular formula is C36H44BF9N2O3. The van der Waals surface area contributed by atoms with E-state index in [1.165, 1.54) is 18.2 Å². The maximum atomic E-state index is 13.9. The van der Waals surface area contributed by atoms with Gasteiger partial charge in [-0.1, -0.05) is 54.6 Å². The summed E-state index contributed by atoms with van der Waals surface area (Å²) in [6.45, 7) is 0. The molecule has 2 saturated carbocycles. The van der Waals surface area contributed by atoms with Crippen molar-refractivity contribution in [3.05, 3.63) is 106 Å². The van der Waals surface area contributed by atoms with Crippen molar-refractivity contribution in [1.29, 1.82) is 0 Å². The molecule has 2 bridgehead atoms. The van der Waals surface area contributed by atoms with Gasteiger partial charge < -0.3 is 23.7 Å². The zero-order valence-corrected chi connectivity index (χ0v) is 29.8. The minimum atomic E-state index is -4.89. The molecule has 51 heavy (non-hydrogen) atoms. The maximum absolute atomic E-state index is 13.9. The van der Waals surface area contributed by atoms with E-state index in [4.69, 9.17) is 4.65 Å². The Balaban J connectivity index is 0.000000619. The van der Waals surface area contributed by atoms with E-state index >= 15 is 0 Å². The van der Waals surface area contributed by atoms with E-state index in [1.54, 1.807) is 0 Å². The summed E-state index contributed by atoms with van der Waals surface area (Å²) in [5, 5.41) is 24.0. The standard InChI is InChI=1S/C28H20BF9O3.2C4H12N/c30-26(31,32)20-7-1-4-16(12-20)23-17-10-11-24(15-17,41-29(39)40)25(23,18-5-2-8-21(13-18)27(33,34)35)19-6-3-9-22(14-19)28(36,37)38;2*1-5(2,3)4/h1-9,12-14,17,23H,10-11,15H2;2*1-4H3/q-2;2*+1. The molecule has 3 atom stereocenters. The van der Waals surface area contributed by atoms with Gasteiger partial charge in [-0.25, -0.2) is 0 Å². The summed E-state index contributed by atoms with van der Waals surface area (Å²) < 4.78 is 132. The highest BCUT2D eigenvalue weighted by atomic mass is 19.4. The first-order valence-electron chi connectivity index (χ1n) is 16.1. The summed E-state index contributed by atoms with van der Waals surface area (Å²) in [6.07, 6.45) is -14.6. The second kappa shape index (κ2) is 14.7. The van der Waals surface area contributed by atoms with Crippen molar-refractivity contribution in [2.45, 2.75) is 54.7 Å². The molecule has 0 amide bonds. The Kier molecular flexibility index (Phi) is 12.2. The normalized spacial score (nSPS) is 21.7. The number of fused-ring (bicyclic) bond motifs is 2. The Hall–Kier alpha value is -3.11. The predicted octanol–water partition coefficient (Wildman–Crippen LogP) is 6.73. The van der Waals surface area contributed by atoms with E-state index < -0.39 is 65.4 Å². The second-order valence-electron chi connectivity index (χ2n) is 15.8. The number of nitrogens with zero attached hydrogens (tertiary/aromatic N) is 2. The van der Waals surface area contributed by atoms with Crippen LogP contribution < -0.4 is 10.0 Å². The van der Waals surface area contributed by atoms with Crippen molar-refractivity contribution in [2.75, 3.05) is 56.4 Å². The highest BCUT2D eigenvalue weighted by Crippen LogP contribution is 2.70. The Morgan fingerprint density at radius 3 is 1.37 bits per heavy atom. The summed E-state index contributed by atoms with van der Waals surface area (Å²) in [5.74, 6) is -1.81. The van der Waals surface area contributed by atoms with Gasteiger partial charge in [0.1, 0.15) is 0 Å². The fourth-order valence-corrected chi connectivity index (χ4v) is 7.07. The highest BCUT2D eigenvalue weighted by molar-refractivity contribution is 6.28. The highest BCUT2D eigenvalue weighted by Gasteiger charge is 2.69. The summed E-state index contributed by atoms with van der Waals surface area (Å²) in [5.41, 5.74) is -7.83. The van der Waals surface area contributed by atoms with Gasteiger partial charge in [-0.15, -0.1) is 0 Å². The third-order valence-electron chi connectivity index (χ3n) is 8.35. The third-order valence-corrected chi connectivity index (χ3v) is 8.35. The lowest BCUT2D eigenvalue weighted by atomic mass is 9.54. The van der Waals surface area contributed by atoms with E-state index in [1.807, 2.05) is 0 Å². The summed E-state index contributed by atoms with van der Waals surface area (Å²) in [4.78, 5) is 0. The fraction of sp³-hybridized carbons (Fsp3) is 0.500. The molecule has 0 radical (unpaired) electrons. The Morgan fingerprint density at radius 1 is 0.627 bits per heavy atom. The molecule has 3 aromatic carbocycles. The lowest BCUT2D eigenvalue weighted by Crippen LogP contribution is -2.61. The minimum absolute atomic E-state index is 0.0156. The Bertz CT molecular complexity index is 1550. The first-order chi connectivity index (χ1) is 23.0.